The Balaban J connectivity index is 1.12. The molecule has 0 saturated carbocycles. The van der Waals surface area contributed by atoms with E-state index < -0.39 is 0 Å². The number of rotatable bonds is 10. The molecule has 1 N–H and O–H groups in total. The molecule has 4 aromatic rings. The Kier molecular flexibility index (Phi) is 10.0. The minimum Gasteiger partial charge on any atom is -0.491 e. The van der Waals surface area contributed by atoms with Crippen molar-refractivity contribution < 1.29 is 14.3 Å². The molecule has 1 atom stereocenters. The van der Waals surface area contributed by atoms with Gasteiger partial charge in [-0.2, -0.15) is 0 Å². The summed E-state index contributed by atoms with van der Waals surface area (Å²) in [7, 11) is 0. The number of H-pyrrole nitrogens is 1. The second-order valence-electron chi connectivity index (χ2n) is 13.2. The summed E-state index contributed by atoms with van der Waals surface area (Å²) in [5.74, 6) is 1.44. The van der Waals surface area contributed by atoms with Gasteiger partial charge in [0, 0.05) is 24.4 Å². The molecule has 2 fully saturated rings. The van der Waals surface area contributed by atoms with Gasteiger partial charge in [-0.15, -0.1) is 0 Å². The molecular weight excluding hydrogens is 619 g/mol. The molecule has 2 saturated heterocycles. The highest BCUT2D eigenvalue weighted by atomic mass is 35.5. The van der Waals surface area contributed by atoms with Crippen LogP contribution in [0.1, 0.15) is 67.7 Å². The summed E-state index contributed by atoms with van der Waals surface area (Å²) in [4.78, 5) is 39.2. The molecule has 0 spiro atoms. The van der Waals surface area contributed by atoms with Crippen molar-refractivity contribution in [3.8, 4) is 5.75 Å². The highest BCUT2D eigenvalue weighted by molar-refractivity contribution is 6.42. The summed E-state index contributed by atoms with van der Waals surface area (Å²) in [6, 6.07) is 21.5. The van der Waals surface area contributed by atoms with E-state index in [1.54, 1.807) is 0 Å². The van der Waals surface area contributed by atoms with Crippen LogP contribution in [0.5, 0.6) is 5.75 Å². The number of para-hydroxylation sites is 2. The summed E-state index contributed by atoms with van der Waals surface area (Å²) >= 11 is 12.9. The van der Waals surface area contributed by atoms with Crippen molar-refractivity contribution >= 4 is 45.9 Å². The van der Waals surface area contributed by atoms with Crippen LogP contribution < -0.4 is 4.74 Å². The molecular formula is C37H42Cl2N4O3. The van der Waals surface area contributed by atoms with Gasteiger partial charge in [0.1, 0.15) is 5.75 Å². The van der Waals surface area contributed by atoms with Crippen LogP contribution in [0.3, 0.4) is 0 Å². The number of hydrogen-bond donors (Lipinski definition) is 1. The molecule has 0 bridgehead atoms. The number of nitrogens with one attached hydrogen (secondary N) is 1. The monoisotopic (exact) mass is 660 g/mol. The molecule has 1 unspecified atom stereocenters. The molecule has 0 aliphatic carbocycles. The van der Waals surface area contributed by atoms with Crippen molar-refractivity contribution in [2.45, 2.75) is 63.9 Å². The quantitative estimate of drug-likeness (QED) is 0.176. The van der Waals surface area contributed by atoms with Gasteiger partial charge >= 0.3 is 0 Å². The zero-order valence-corrected chi connectivity index (χ0v) is 28.1. The molecule has 242 valence electrons. The minimum atomic E-state index is -0.244. The highest BCUT2D eigenvalue weighted by Crippen LogP contribution is 2.40. The number of imidazole rings is 1. The van der Waals surface area contributed by atoms with Gasteiger partial charge in [0.25, 0.3) is 0 Å². The molecule has 6 rings (SSSR count). The predicted octanol–water partition coefficient (Wildman–Crippen LogP) is 7.74. The number of ether oxygens (including phenoxy) is 1. The van der Waals surface area contributed by atoms with Crippen LogP contribution in [0.25, 0.3) is 11.0 Å². The number of halogens is 2. The van der Waals surface area contributed by atoms with Crippen LogP contribution >= 0.6 is 23.2 Å². The lowest BCUT2D eigenvalue weighted by molar-refractivity contribution is -0.132. The lowest BCUT2D eigenvalue weighted by Gasteiger charge is -2.45. The average Bonchev–Trinajstić information content (AvgIpc) is 3.49. The van der Waals surface area contributed by atoms with Gasteiger partial charge in [-0.05, 0) is 113 Å². The van der Waals surface area contributed by atoms with Crippen molar-refractivity contribution in [1.29, 1.82) is 0 Å². The maximum atomic E-state index is 13.7. The van der Waals surface area contributed by atoms with Crippen LogP contribution in [0.15, 0.2) is 66.7 Å². The number of likely N-dealkylation sites (tertiary alicyclic amines) is 2. The number of amides is 1. The summed E-state index contributed by atoms with van der Waals surface area (Å²) in [6.45, 7) is 7.95. The number of nitrogens with zero attached hydrogens (tertiary/aromatic N) is 3. The molecule has 3 heterocycles. The number of hydrogen-bond acceptors (Lipinski definition) is 5. The number of benzene rings is 3. The lowest BCUT2D eigenvalue weighted by atomic mass is 9.71. The van der Waals surface area contributed by atoms with E-state index in [0.717, 1.165) is 86.2 Å². The van der Waals surface area contributed by atoms with Crippen molar-refractivity contribution in [1.82, 2.24) is 19.8 Å². The van der Waals surface area contributed by atoms with Gasteiger partial charge < -0.3 is 19.5 Å². The van der Waals surface area contributed by atoms with Gasteiger partial charge in [-0.3, -0.25) is 9.59 Å². The smallest absolute Gasteiger partial charge is 0.227 e. The van der Waals surface area contributed by atoms with Crippen LogP contribution in [0, 0.1) is 5.92 Å². The number of aromatic nitrogens is 2. The van der Waals surface area contributed by atoms with Crippen molar-refractivity contribution in [3.63, 3.8) is 0 Å². The number of aromatic amines is 1. The fraction of sp³-hybridized carbons (Fsp3) is 0.432. The summed E-state index contributed by atoms with van der Waals surface area (Å²) in [5, 5.41) is 1.07. The standard InChI is InChI=1S/C37H42Cl2N4O3/c1-25(2)46-29-8-5-7-26(21-29)22-34(44)43-17-6-15-37(24-43,28-11-12-30(38)31(39)23-28)16-20-42-18-13-27(14-19-42)35(45)36-40-32-9-3-4-10-33(32)41-36/h3-5,7-12,21,23,25,27H,6,13-20,22,24H2,1-2H3,(H,40,41). The summed E-state index contributed by atoms with van der Waals surface area (Å²) in [6.07, 6.45) is 4.78. The van der Waals surface area contributed by atoms with E-state index in [0.29, 0.717) is 28.8 Å². The van der Waals surface area contributed by atoms with E-state index in [1.807, 2.05) is 79.4 Å². The molecule has 7 nitrogen and oxygen atoms in total. The molecule has 46 heavy (non-hydrogen) atoms. The largest absolute Gasteiger partial charge is 0.491 e. The fourth-order valence-corrected chi connectivity index (χ4v) is 7.39. The molecule has 2 aliphatic heterocycles. The zero-order chi connectivity index (χ0) is 32.3. The molecule has 3 aromatic carbocycles. The average molecular weight is 662 g/mol. The maximum Gasteiger partial charge on any atom is 0.227 e. The number of fused-ring (bicyclic) bond motifs is 1. The summed E-state index contributed by atoms with van der Waals surface area (Å²) in [5.41, 5.74) is 3.55. The molecule has 1 aromatic heterocycles. The number of ketones is 1. The van der Waals surface area contributed by atoms with Gasteiger partial charge in [-0.1, -0.05) is 53.5 Å². The van der Waals surface area contributed by atoms with Crippen molar-refractivity contribution in [2.24, 2.45) is 5.92 Å². The third-order valence-corrected chi connectivity index (χ3v) is 10.3. The zero-order valence-electron chi connectivity index (χ0n) is 26.6. The first-order valence-corrected chi connectivity index (χ1v) is 17.1. The lowest BCUT2D eigenvalue weighted by Crippen LogP contribution is -2.50. The van der Waals surface area contributed by atoms with Crippen LogP contribution in [0.4, 0.5) is 0 Å². The van der Waals surface area contributed by atoms with Gasteiger partial charge in [0.05, 0.1) is 33.6 Å². The number of Topliss-reactive ketones (excluding diaryl/α,β-unsaturated/α-hetero) is 1. The Hall–Kier alpha value is -3.39. The Morgan fingerprint density at radius 2 is 1.80 bits per heavy atom. The van der Waals surface area contributed by atoms with Gasteiger partial charge in [0.15, 0.2) is 5.82 Å². The van der Waals surface area contributed by atoms with E-state index in [2.05, 4.69) is 20.9 Å². The third kappa shape index (κ3) is 7.43. The molecule has 9 heteroatoms. The highest BCUT2D eigenvalue weighted by Gasteiger charge is 2.39. The normalized spacial score (nSPS) is 19.5. The van der Waals surface area contributed by atoms with E-state index in [9.17, 15) is 9.59 Å². The van der Waals surface area contributed by atoms with E-state index in [-0.39, 0.29) is 29.1 Å². The van der Waals surface area contributed by atoms with Crippen molar-refractivity contribution in [2.75, 3.05) is 32.7 Å². The van der Waals surface area contributed by atoms with Gasteiger partial charge in [-0.25, -0.2) is 4.98 Å². The minimum absolute atomic E-state index is 0.0342. The van der Waals surface area contributed by atoms with E-state index in [1.165, 1.54) is 0 Å². The Bertz CT molecular complexity index is 1660. The SMILES string of the molecule is CC(C)Oc1cccc(CC(=O)N2CCCC(CCN3CCC(C(=O)c4nc5ccccc5[nH]4)CC3)(c3ccc(Cl)c(Cl)c3)C2)c1. The second-order valence-corrected chi connectivity index (χ2v) is 14.0. The van der Waals surface area contributed by atoms with E-state index in [4.69, 9.17) is 27.9 Å². The third-order valence-electron chi connectivity index (χ3n) is 9.57. The van der Waals surface area contributed by atoms with Crippen LogP contribution in [-0.4, -0.2) is 70.3 Å². The summed E-state index contributed by atoms with van der Waals surface area (Å²) < 4.78 is 5.86. The molecule has 2 aliphatic rings. The second kappa shape index (κ2) is 14.2. The topological polar surface area (TPSA) is 78.5 Å². The Morgan fingerprint density at radius 3 is 2.57 bits per heavy atom. The number of piperidine rings is 2. The number of carbonyl (C=O) groups excluding carboxylic acids is 2. The van der Waals surface area contributed by atoms with Crippen LogP contribution in [0.2, 0.25) is 10.0 Å². The molecule has 0 radical (unpaired) electrons. The molecule has 1 amide bonds. The first-order valence-electron chi connectivity index (χ1n) is 16.4. The Morgan fingerprint density at radius 1 is 1.00 bits per heavy atom. The maximum absolute atomic E-state index is 13.7. The predicted molar refractivity (Wildman–Crippen MR) is 184 cm³/mol. The Labute approximate surface area is 281 Å². The first-order chi connectivity index (χ1) is 22.2. The fourth-order valence-electron chi connectivity index (χ4n) is 7.10. The van der Waals surface area contributed by atoms with E-state index >= 15 is 0 Å². The number of carbonyl (C=O) groups is 2. The van der Waals surface area contributed by atoms with Gasteiger partial charge in [0.2, 0.25) is 11.7 Å². The van der Waals surface area contributed by atoms with Crippen LogP contribution in [-0.2, 0) is 16.6 Å². The van der Waals surface area contributed by atoms with Crippen molar-refractivity contribution in [3.05, 3.63) is 93.7 Å². The first kappa shape index (κ1) is 32.5.